The van der Waals surface area contributed by atoms with Gasteiger partial charge >= 0.3 is 0 Å². The van der Waals surface area contributed by atoms with E-state index in [9.17, 15) is 4.79 Å². The molecule has 0 amide bonds. The van der Waals surface area contributed by atoms with Crippen LogP contribution in [0.5, 0.6) is 0 Å². The second kappa shape index (κ2) is 5.72. The van der Waals surface area contributed by atoms with Gasteiger partial charge in [-0.2, -0.15) is 0 Å². The first-order chi connectivity index (χ1) is 3.72. The Morgan fingerprint density at radius 2 is 1.78 bits per heavy atom. The van der Waals surface area contributed by atoms with Crippen molar-refractivity contribution in [3.8, 4) is 0 Å². The van der Waals surface area contributed by atoms with E-state index in [2.05, 4.69) is 0 Å². The van der Waals surface area contributed by atoms with Crippen LogP contribution in [0.1, 0.15) is 14.4 Å². The van der Waals surface area contributed by atoms with Crippen molar-refractivity contribution in [2.24, 2.45) is 17.4 Å². The molecule has 0 aliphatic heterocycles. The van der Waals surface area contributed by atoms with Crippen molar-refractivity contribution in [3.63, 3.8) is 0 Å². The minimum absolute atomic E-state index is 0. The van der Waals surface area contributed by atoms with Crippen LogP contribution in [0.4, 0.5) is 0 Å². The number of rotatable bonds is 3. The van der Waals surface area contributed by atoms with Crippen molar-refractivity contribution in [2.75, 3.05) is 13.1 Å². The van der Waals surface area contributed by atoms with Crippen LogP contribution in [0.3, 0.4) is 0 Å². The maximum absolute atomic E-state index is 10.4. The Bertz CT molecular complexity index is 79.1. The van der Waals surface area contributed by atoms with E-state index in [4.69, 9.17) is 11.5 Å². The molecule has 0 saturated carbocycles. The van der Waals surface area contributed by atoms with Gasteiger partial charge in [0, 0.05) is 19.0 Å². The molecule has 0 fully saturated rings. The smallest absolute Gasteiger partial charge is 0.135 e. The van der Waals surface area contributed by atoms with Gasteiger partial charge in [0.1, 0.15) is 5.78 Å². The average molecular weight is 132 g/mol. The van der Waals surface area contributed by atoms with E-state index in [0.29, 0.717) is 13.1 Å². The summed E-state index contributed by atoms with van der Waals surface area (Å²) in [5.74, 6) is -0.0509. The number of Topliss-reactive ketones (excluding diaryl/α,β-unsaturated/α-hetero) is 1. The molecule has 0 atom stereocenters. The highest BCUT2D eigenvalue weighted by Gasteiger charge is 2.07. The summed E-state index contributed by atoms with van der Waals surface area (Å²) < 4.78 is 0. The minimum Gasteiger partial charge on any atom is -0.330 e. The van der Waals surface area contributed by atoms with E-state index >= 15 is 0 Å². The molecule has 0 radical (unpaired) electrons. The Morgan fingerprint density at radius 1 is 1.44 bits per heavy atom. The third-order valence-electron chi connectivity index (χ3n) is 1.14. The highest BCUT2D eigenvalue weighted by atomic mass is 16.1. The van der Waals surface area contributed by atoms with Gasteiger partial charge < -0.3 is 11.5 Å². The summed E-state index contributed by atoms with van der Waals surface area (Å²) in [5, 5.41) is 0. The third kappa shape index (κ3) is 4.12. The fourth-order valence-corrected chi connectivity index (χ4v) is 0.428. The molecule has 0 aromatic heterocycles. The number of carbonyl (C=O) groups is 1. The van der Waals surface area contributed by atoms with Gasteiger partial charge in [0.2, 0.25) is 0 Å². The standard InChI is InChI=1S/C5H12N2O.CH4/c1-4(8)5(2-6)3-7;/h5H,2-3,6-7H2,1H3;1H4. The van der Waals surface area contributed by atoms with Crippen LogP contribution in [0, 0.1) is 5.92 Å². The van der Waals surface area contributed by atoms with Gasteiger partial charge in [0.15, 0.2) is 0 Å². The molecule has 0 spiro atoms. The van der Waals surface area contributed by atoms with Gasteiger partial charge in [-0.3, -0.25) is 4.79 Å². The first kappa shape index (κ1) is 11.4. The molecule has 3 nitrogen and oxygen atoms in total. The predicted molar refractivity (Wildman–Crippen MR) is 39.0 cm³/mol. The van der Waals surface area contributed by atoms with Crippen LogP contribution in [0.25, 0.3) is 0 Å². The third-order valence-corrected chi connectivity index (χ3v) is 1.14. The van der Waals surface area contributed by atoms with Gasteiger partial charge in [-0.05, 0) is 6.92 Å². The van der Waals surface area contributed by atoms with Crippen molar-refractivity contribution in [2.45, 2.75) is 14.4 Å². The molecule has 0 rings (SSSR count). The molecule has 0 aliphatic rings. The first-order valence-electron chi connectivity index (χ1n) is 2.63. The Balaban J connectivity index is 0. The van der Waals surface area contributed by atoms with Crippen LogP contribution < -0.4 is 11.5 Å². The Hall–Kier alpha value is -0.410. The summed E-state index contributed by atoms with van der Waals surface area (Å²) in [5.41, 5.74) is 10.4. The Morgan fingerprint density at radius 3 is 1.78 bits per heavy atom. The van der Waals surface area contributed by atoms with Crippen molar-refractivity contribution < 1.29 is 4.79 Å². The summed E-state index contributed by atoms with van der Waals surface area (Å²) in [4.78, 5) is 10.4. The van der Waals surface area contributed by atoms with Gasteiger partial charge in [-0.25, -0.2) is 0 Å². The fourth-order valence-electron chi connectivity index (χ4n) is 0.428. The summed E-state index contributed by atoms with van der Waals surface area (Å²) in [6.07, 6.45) is 0. The summed E-state index contributed by atoms with van der Waals surface area (Å²) in [6, 6.07) is 0. The molecular formula is C6H16N2O. The number of nitrogens with two attached hydrogens (primary N) is 2. The molecule has 0 saturated heterocycles. The summed E-state index contributed by atoms with van der Waals surface area (Å²) in [7, 11) is 0. The lowest BCUT2D eigenvalue weighted by Gasteiger charge is -2.04. The lowest BCUT2D eigenvalue weighted by molar-refractivity contribution is -0.120. The van der Waals surface area contributed by atoms with Gasteiger partial charge in [-0.1, -0.05) is 7.43 Å². The Kier molecular flexibility index (Phi) is 7.24. The lowest BCUT2D eigenvalue weighted by atomic mass is 10.1. The van der Waals surface area contributed by atoms with Crippen molar-refractivity contribution in [1.29, 1.82) is 0 Å². The van der Waals surface area contributed by atoms with E-state index < -0.39 is 0 Å². The van der Waals surface area contributed by atoms with Crippen LogP contribution in [-0.4, -0.2) is 18.9 Å². The predicted octanol–water partition coefficient (Wildman–Crippen LogP) is -0.255. The van der Waals surface area contributed by atoms with Gasteiger partial charge in [-0.15, -0.1) is 0 Å². The molecule has 0 heterocycles. The maximum atomic E-state index is 10.4. The normalized spacial score (nSPS) is 8.89. The number of hydrogen-bond acceptors (Lipinski definition) is 3. The van der Waals surface area contributed by atoms with Crippen LogP contribution in [-0.2, 0) is 4.79 Å². The van der Waals surface area contributed by atoms with Crippen LogP contribution >= 0.6 is 0 Å². The zero-order valence-corrected chi connectivity index (χ0v) is 5.05. The number of hydrogen-bond donors (Lipinski definition) is 2. The zero-order valence-electron chi connectivity index (χ0n) is 5.05. The molecule has 0 aliphatic carbocycles. The largest absolute Gasteiger partial charge is 0.330 e. The quantitative estimate of drug-likeness (QED) is 0.556. The van der Waals surface area contributed by atoms with Crippen LogP contribution in [0.15, 0.2) is 0 Å². The molecule has 0 unspecified atom stereocenters. The fraction of sp³-hybridized carbons (Fsp3) is 0.833. The molecule has 4 N–H and O–H groups in total. The van der Waals surface area contributed by atoms with E-state index in [0.717, 1.165) is 0 Å². The minimum atomic E-state index is -0.130. The zero-order chi connectivity index (χ0) is 6.57. The highest BCUT2D eigenvalue weighted by molar-refractivity contribution is 5.78. The molecule has 3 heteroatoms. The average Bonchev–Trinajstić information content (AvgIpc) is 1.69. The molecule has 0 aromatic rings. The van der Waals surface area contributed by atoms with E-state index in [1.54, 1.807) is 0 Å². The molecule has 56 valence electrons. The second-order valence-electron chi connectivity index (χ2n) is 1.78. The maximum Gasteiger partial charge on any atom is 0.135 e. The van der Waals surface area contributed by atoms with Crippen LogP contribution in [0.2, 0.25) is 0 Å². The molecule has 9 heavy (non-hydrogen) atoms. The van der Waals surface area contributed by atoms with Crippen molar-refractivity contribution in [3.05, 3.63) is 0 Å². The molecule has 0 bridgehead atoms. The second-order valence-corrected chi connectivity index (χ2v) is 1.78. The monoisotopic (exact) mass is 132 g/mol. The summed E-state index contributed by atoms with van der Waals surface area (Å²) >= 11 is 0. The number of ketones is 1. The lowest BCUT2D eigenvalue weighted by Crippen LogP contribution is -2.28. The molecular weight excluding hydrogens is 116 g/mol. The van der Waals surface area contributed by atoms with E-state index in [-0.39, 0.29) is 19.1 Å². The van der Waals surface area contributed by atoms with E-state index in [1.165, 1.54) is 6.92 Å². The van der Waals surface area contributed by atoms with E-state index in [1.807, 2.05) is 0 Å². The first-order valence-corrected chi connectivity index (χ1v) is 2.63. The Labute approximate surface area is 56.4 Å². The van der Waals surface area contributed by atoms with Gasteiger partial charge in [0.25, 0.3) is 0 Å². The molecule has 0 aromatic carbocycles. The highest BCUT2D eigenvalue weighted by Crippen LogP contribution is 1.89. The van der Waals surface area contributed by atoms with Crippen molar-refractivity contribution >= 4 is 5.78 Å². The topological polar surface area (TPSA) is 69.1 Å². The summed E-state index contributed by atoms with van der Waals surface area (Å²) in [6.45, 7) is 2.24. The number of carbonyl (C=O) groups excluding carboxylic acids is 1. The van der Waals surface area contributed by atoms with Crippen molar-refractivity contribution in [1.82, 2.24) is 0 Å². The SMILES string of the molecule is C.CC(=O)C(CN)CN. The van der Waals surface area contributed by atoms with Gasteiger partial charge in [0.05, 0.1) is 0 Å².